The van der Waals surface area contributed by atoms with Crippen molar-refractivity contribution in [2.75, 3.05) is 0 Å². The van der Waals surface area contributed by atoms with Crippen LogP contribution in [0.15, 0.2) is 60.7 Å². The Labute approximate surface area is 304 Å². The zero-order valence-electron chi connectivity index (χ0n) is 27.2. The first kappa shape index (κ1) is 36.6. The van der Waals surface area contributed by atoms with Crippen LogP contribution in [0.3, 0.4) is 0 Å². The lowest BCUT2D eigenvalue weighted by Crippen LogP contribution is -2.69. The first-order valence-electron chi connectivity index (χ1n) is 15.6. The third-order valence-corrected chi connectivity index (χ3v) is 9.83. The van der Waals surface area contributed by atoms with Gasteiger partial charge in [0.2, 0.25) is 5.91 Å². The highest BCUT2D eigenvalue weighted by Gasteiger charge is 2.56. The molecule has 2 saturated heterocycles. The van der Waals surface area contributed by atoms with Crippen molar-refractivity contribution in [2.24, 2.45) is 5.73 Å². The molecule has 10 nitrogen and oxygen atoms in total. The second-order valence-corrected chi connectivity index (χ2v) is 15.0. The summed E-state index contributed by atoms with van der Waals surface area (Å²) in [5, 5.41) is 7.51. The molecule has 0 aromatic heterocycles. The molecule has 3 atom stereocenters. The van der Waals surface area contributed by atoms with Gasteiger partial charge in [0.15, 0.2) is 11.2 Å². The van der Waals surface area contributed by atoms with Crippen molar-refractivity contribution in [3.63, 3.8) is 0 Å². The Morgan fingerprint density at radius 2 is 1.37 bits per heavy atom. The van der Waals surface area contributed by atoms with Gasteiger partial charge in [0.05, 0.1) is 10.0 Å². The maximum absolute atomic E-state index is 14.2. The second kappa shape index (κ2) is 13.9. The van der Waals surface area contributed by atoms with E-state index < -0.39 is 46.5 Å². The van der Waals surface area contributed by atoms with Crippen LogP contribution in [0, 0.1) is 0 Å². The number of rotatable bonds is 10. The van der Waals surface area contributed by atoms with Crippen LogP contribution < -0.4 is 25.8 Å². The minimum Gasteiger partial charge on any atom is -0.476 e. The highest BCUT2D eigenvalue weighted by molar-refractivity contribution is 6.36. The van der Waals surface area contributed by atoms with E-state index in [9.17, 15) is 19.2 Å². The number of halogens is 4. The summed E-state index contributed by atoms with van der Waals surface area (Å²) < 4.78 is 12.1. The summed E-state index contributed by atoms with van der Waals surface area (Å²) in [6, 6.07) is 14.7. The Balaban J connectivity index is 1.43. The van der Waals surface area contributed by atoms with Crippen molar-refractivity contribution < 1.29 is 28.7 Å². The summed E-state index contributed by atoms with van der Waals surface area (Å²) in [4.78, 5) is 55.5. The fourth-order valence-corrected chi connectivity index (χ4v) is 7.21. The molecule has 0 spiro atoms. The number of amides is 4. The number of fused-ring (bicyclic) bond motifs is 2. The van der Waals surface area contributed by atoms with Crippen molar-refractivity contribution in [3.05, 3.63) is 91.9 Å². The number of hydrogen-bond acceptors (Lipinski definition) is 6. The average molecular weight is 751 g/mol. The number of hydrogen-bond donors (Lipinski definition) is 3. The maximum Gasteiger partial charge on any atom is 0.265 e. The van der Waals surface area contributed by atoms with Gasteiger partial charge in [-0.1, -0.05) is 52.5 Å². The second-order valence-electron chi connectivity index (χ2n) is 13.3. The molecule has 0 radical (unpaired) electrons. The van der Waals surface area contributed by atoms with Crippen molar-refractivity contribution in [1.29, 1.82) is 0 Å². The molecular weight excluding hydrogens is 714 g/mol. The van der Waals surface area contributed by atoms with Crippen LogP contribution in [0.4, 0.5) is 0 Å². The van der Waals surface area contributed by atoms with Gasteiger partial charge in [0.25, 0.3) is 17.7 Å². The number of nitrogens with two attached hydrogens (primary N) is 1. The molecule has 0 saturated carbocycles. The predicted octanol–water partition coefficient (Wildman–Crippen LogP) is 6.81. The molecule has 2 bridgehead atoms. The van der Waals surface area contributed by atoms with Gasteiger partial charge in [-0.3, -0.25) is 19.2 Å². The van der Waals surface area contributed by atoms with E-state index in [-0.39, 0.29) is 45.1 Å². The number of carbonyl (C=O) groups is 4. The largest absolute Gasteiger partial charge is 0.476 e. The topological polar surface area (TPSA) is 140 Å². The van der Waals surface area contributed by atoms with E-state index in [4.69, 9.17) is 61.6 Å². The first-order valence-corrected chi connectivity index (χ1v) is 17.1. The minimum atomic E-state index is -1.45. The Morgan fingerprint density at radius 1 is 0.816 bits per heavy atom. The standard InChI is InChI=1S/C35H36Cl4N4O6/c1-33(2,48-27-10-8-21(36)15-25(27)38)31(46)41-23-17-24-12-13-35(18-23,43(24)30(45)20-7-5-6-19(14-20)29(40)44)42-32(47)34(3,4)49-28-11-9-22(37)16-26(28)39/h5-11,14-16,23-24H,12-13,17-18H2,1-4H3,(H2,40,44)(H,41,46)(H,42,47). The minimum absolute atomic E-state index is 0.177. The Morgan fingerprint density at radius 3 is 1.92 bits per heavy atom. The van der Waals surface area contributed by atoms with Crippen LogP contribution in [-0.2, 0) is 9.59 Å². The quantitative estimate of drug-likeness (QED) is 0.208. The average Bonchev–Trinajstić information content (AvgIpc) is 3.25. The van der Waals surface area contributed by atoms with Gasteiger partial charge in [-0.2, -0.15) is 0 Å². The highest BCUT2D eigenvalue weighted by atomic mass is 35.5. The van der Waals surface area contributed by atoms with E-state index in [0.29, 0.717) is 29.3 Å². The van der Waals surface area contributed by atoms with Crippen molar-refractivity contribution >= 4 is 70.0 Å². The van der Waals surface area contributed by atoms with Crippen LogP contribution in [0.1, 0.15) is 74.1 Å². The molecule has 3 unspecified atom stereocenters. The molecule has 2 heterocycles. The summed E-state index contributed by atoms with van der Waals surface area (Å²) in [5.41, 5.74) is 1.89. The lowest BCUT2D eigenvalue weighted by Gasteiger charge is -2.49. The van der Waals surface area contributed by atoms with Crippen LogP contribution in [-0.4, -0.2) is 57.5 Å². The zero-order chi connectivity index (χ0) is 35.9. The lowest BCUT2D eigenvalue weighted by molar-refractivity contribution is -0.139. The number of primary amides is 1. The molecule has 2 aliphatic heterocycles. The van der Waals surface area contributed by atoms with Crippen LogP contribution >= 0.6 is 46.4 Å². The summed E-state index contributed by atoms with van der Waals surface area (Å²) >= 11 is 24.7. The van der Waals surface area contributed by atoms with Gasteiger partial charge in [0.1, 0.15) is 17.2 Å². The van der Waals surface area contributed by atoms with Crippen LogP contribution in [0.25, 0.3) is 0 Å². The fourth-order valence-electron chi connectivity index (χ4n) is 6.32. The molecule has 2 fully saturated rings. The molecule has 4 amide bonds. The molecule has 260 valence electrons. The summed E-state index contributed by atoms with van der Waals surface area (Å²) in [6.07, 6.45) is 1.52. The third-order valence-electron chi connectivity index (χ3n) is 8.76. The van der Waals surface area contributed by atoms with Gasteiger partial charge in [-0.15, -0.1) is 0 Å². The molecule has 3 aromatic carbocycles. The van der Waals surface area contributed by atoms with E-state index in [0.717, 1.165) is 0 Å². The lowest BCUT2D eigenvalue weighted by atomic mass is 9.89. The molecule has 2 aliphatic rings. The number of benzene rings is 3. The third kappa shape index (κ3) is 7.88. The molecule has 0 aliphatic carbocycles. The SMILES string of the molecule is CC(C)(Oc1ccc(Cl)cc1Cl)C(=O)NC1CC2CCC(NC(=O)C(C)(C)Oc3ccc(Cl)cc3Cl)(C1)N2C(=O)c1cccc(C(N)=O)c1. The Bertz CT molecular complexity index is 1820. The van der Waals surface area contributed by atoms with E-state index in [1.54, 1.807) is 69.0 Å². The zero-order valence-corrected chi connectivity index (χ0v) is 30.3. The number of carbonyl (C=O) groups excluding carboxylic acids is 4. The van der Waals surface area contributed by atoms with Crippen molar-refractivity contribution in [3.8, 4) is 11.5 Å². The van der Waals surface area contributed by atoms with Crippen molar-refractivity contribution in [2.45, 2.75) is 82.3 Å². The summed E-state index contributed by atoms with van der Waals surface area (Å²) in [6.45, 7) is 6.41. The van der Waals surface area contributed by atoms with Crippen LogP contribution in [0.5, 0.6) is 11.5 Å². The Hall–Kier alpha value is -3.70. The summed E-state index contributed by atoms with van der Waals surface area (Å²) in [5.74, 6) is -1.46. The predicted molar refractivity (Wildman–Crippen MR) is 189 cm³/mol. The first-order chi connectivity index (χ1) is 22.9. The molecule has 4 N–H and O–H groups in total. The fraction of sp³-hybridized carbons (Fsp3) is 0.371. The number of nitrogens with zero attached hydrogens (tertiary/aromatic N) is 1. The van der Waals surface area contributed by atoms with Gasteiger partial charge < -0.3 is 30.7 Å². The van der Waals surface area contributed by atoms with Gasteiger partial charge in [0, 0.05) is 39.7 Å². The highest BCUT2D eigenvalue weighted by Crippen LogP contribution is 2.44. The number of nitrogens with one attached hydrogen (secondary N) is 2. The monoisotopic (exact) mass is 748 g/mol. The van der Waals surface area contributed by atoms with E-state index in [1.165, 1.54) is 24.3 Å². The van der Waals surface area contributed by atoms with E-state index in [1.807, 2.05) is 0 Å². The molecular formula is C35H36Cl4N4O6. The normalized spacial score (nSPS) is 20.4. The van der Waals surface area contributed by atoms with E-state index >= 15 is 0 Å². The molecule has 49 heavy (non-hydrogen) atoms. The van der Waals surface area contributed by atoms with Gasteiger partial charge in [-0.05, 0) is 102 Å². The number of ether oxygens (including phenoxy) is 2. The van der Waals surface area contributed by atoms with Gasteiger partial charge in [-0.25, -0.2) is 0 Å². The van der Waals surface area contributed by atoms with Gasteiger partial charge >= 0.3 is 0 Å². The van der Waals surface area contributed by atoms with Crippen LogP contribution in [0.2, 0.25) is 20.1 Å². The molecule has 14 heteroatoms. The number of piperidine rings is 1. The Kier molecular flexibility index (Phi) is 10.4. The molecule has 5 rings (SSSR count). The summed E-state index contributed by atoms with van der Waals surface area (Å²) in [7, 11) is 0. The van der Waals surface area contributed by atoms with Crippen molar-refractivity contribution in [1.82, 2.24) is 15.5 Å². The smallest absolute Gasteiger partial charge is 0.265 e. The van der Waals surface area contributed by atoms with E-state index in [2.05, 4.69) is 10.6 Å². The maximum atomic E-state index is 14.2. The molecule has 3 aromatic rings.